The van der Waals surface area contributed by atoms with Crippen molar-refractivity contribution in [2.75, 3.05) is 25.0 Å². The first-order chi connectivity index (χ1) is 12.8. The molecule has 3 aromatic rings. The summed E-state index contributed by atoms with van der Waals surface area (Å²) in [5.74, 6) is -0.250. The molecule has 27 heavy (non-hydrogen) atoms. The maximum absolute atomic E-state index is 12.4. The van der Waals surface area contributed by atoms with Gasteiger partial charge in [-0.25, -0.2) is 4.98 Å². The molecule has 1 unspecified atom stereocenters. The number of rotatable bonds is 4. The summed E-state index contributed by atoms with van der Waals surface area (Å²) in [5.41, 5.74) is 2.83. The lowest BCUT2D eigenvalue weighted by Crippen LogP contribution is -2.33. The van der Waals surface area contributed by atoms with Crippen molar-refractivity contribution in [3.05, 3.63) is 59.5 Å². The molecule has 0 radical (unpaired) electrons. The van der Waals surface area contributed by atoms with E-state index in [-0.39, 0.29) is 24.4 Å². The van der Waals surface area contributed by atoms with E-state index in [0.717, 1.165) is 24.3 Å². The summed E-state index contributed by atoms with van der Waals surface area (Å²) in [4.78, 5) is 25.0. The number of thiazole rings is 1. The largest absolute Gasteiger partial charge is 0.371 e. The van der Waals surface area contributed by atoms with Crippen LogP contribution in [0.2, 0.25) is 0 Å². The van der Waals surface area contributed by atoms with E-state index in [1.165, 1.54) is 11.3 Å². The van der Waals surface area contributed by atoms with Crippen molar-refractivity contribution in [2.24, 2.45) is 0 Å². The number of nitrogens with zero attached hydrogens (tertiary/aromatic N) is 3. The average molecular weight is 404 g/mol. The van der Waals surface area contributed by atoms with Crippen molar-refractivity contribution in [1.82, 2.24) is 20.3 Å². The molecule has 1 fully saturated rings. The van der Waals surface area contributed by atoms with Gasteiger partial charge < -0.3 is 15.4 Å². The van der Waals surface area contributed by atoms with E-state index in [4.69, 9.17) is 4.74 Å². The van der Waals surface area contributed by atoms with Crippen molar-refractivity contribution in [3.63, 3.8) is 0 Å². The van der Waals surface area contributed by atoms with Crippen molar-refractivity contribution in [2.45, 2.75) is 6.10 Å². The second-order valence-corrected chi connectivity index (χ2v) is 6.63. The molecule has 1 aliphatic heterocycles. The summed E-state index contributed by atoms with van der Waals surface area (Å²) in [6.45, 7) is 2.39. The van der Waals surface area contributed by atoms with Crippen molar-refractivity contribution in [1.29, 1.82) is 0 Å². The highest BCUT2D eigenvalue weighted by Crippen LogP contribution is 2.23. The van der Waals surface area contributed by atoms with Crippen LogP contribution < -0.4 is 10.6 Å². The van der Waals surface area contributed by atoms with Crippen LogP contribution in [0.1, 0.15) is 22.2 Å². The highest BCUT2D eigenvalue weighted by Gasteiger charge is 2.16. The first-order valence-electron chi connectivity index (χ1n) is 8.25. The number of carbonyl (C=O) groups is 1. The Morgan fingerprint density at radius 3 is 2.81 bits per heavy atom. The lowest BCUT2D eigenvalue weighted by Gasteiger charge is -2.24. The summed E-state index contributed by atoms with van der Waals surface area (Å²) >= 11 is 1.36. The Labute approximate surface area is 166 Å². The molecule has 0 saturated carbocycles. The molecular weight excluding hydrogens is 386 g/mol. The first kappa shape index (κ1) is 19.4. The number of hydrogen-bond acceptors (Lipinski definition) is 7. The van der Waals surface area contributed by atoms with Gasteiger partial charge in [0.2, 0.25) is 0 Å². The number of morpholine rings is 1. The van der Waals surface area contributed by atoms with Crippen LogP contribution in [0.5, 0.6) is 0 Å². The topological polar surface area (TPSA) is 89.0 Å². The summed E-state index contributed by atoms with van der Waals surface area (Å²) in [5, 5.41) is 8.56. The van der Waals surface area contributed by atoms with Gasteiger partial charge in [-0.15, -0.1) is 23.7 Å². The van der Waals surface area contributed by atoms with Gasteiger partial charge in [0.05, 0.1) is 18.9 Å². The SMILES string of the molecule is Cl.O=C(Nc1ccc(C2CNCCO2)cc1)c1csc(-c2cnccn2)n1. The smallest absolute Gasteiger partial charge is 0.275 e. The summed E-state index contributed by atoms with van der Waals surface area (Å²) < 4.78 is 5.73. The predicted molar refractivity (Wildman–Crippen MR) is 106 cm³/mol. The third kappa shape index (κ3) is 4.67. The number of benzene rings is 1. The predicted octanol–water partition coefficient (Wildman–Crippen LogP) is 2.94. The van der Waals surface area contributed by atoms with Crippen LogP contribution in [0.25, 0.3) is 10.7 Å². The van der Waals surface area contributed by atoms with E-state index >= 15 is 0 Å². The lowest BCUT2D eigenvalue weighted by atomic mass is 10.1. The fourth-order valence-corrected chi connectivity index (χ4v) is 3.42. The molecule has 1 amide bonds. The molecule has 140 valence electrons. The molecule has 1 aromatic carbocycles. The molecule has 2 N–H and O–H groups in total. The van der Waals surface area contributed by atoms with E-state index in [9.17, 15) is 4.79 Å². The number of ether oxygens (including phenoxy) is 1. The normalized spacial score (nSPS) is 16.4. The first-order valence-corrected chi connectivity index (χ1v) is 9.13. The van der Waals surface area contributed by atoms with Gasteiger partial charge in [-0.3, -0.25) is 14.8 Å². The molecule has 1 aliphatic rings. The highest BCUT2D eigenvalue weighted by atomic mass is 35.5. The molecule has 7 nitrogen and oxygen atoms in total. The molecule has 1 saturated heterocycles. The fraction of sp³-hybridized carbons (Fsp3) is 0.222. The zero-order valence-electron chi connectivity index (χ0n) is 14.3. The molecule has 0 aliphatic carbocycles. The number of halogens is 1. The van der Waals surface area contributed by atoms with Gasteiger partial charge in [-0.1, -0.05) is 12.1 Å². The standard InChI is InChI=1S/C18H17N5O2S.ClH/c24-17(15-11-26-18(23-15)14-9-19-5-6-21-14)22-13-3-1-12(2-4-13)16-10-20-7-8-25-16;/h1-6,9,11,16,20H,7-8,10H2,(H,22,24);1H. The highest BCUT2D eigenvalue weighted by molar-refractivity contribution is 7.13. The van der Waals surface area contributed by atoms with Gasteiger partial charge in [-0.05, 0) is 17.7 Å². The summed E-state index contributed by atoms with van der Waals surface area (Å²) in [6, 6.07) is 7.70. The number of nitrogens with one attached hydrogen (secondary N) is 2. The van der Waals surface area contributed by atoms with E-state index in [0.29, 0.717) is 23.0 Å². The van der Waals surface area contributed by atoms with Gasteiger partial charge in [0.1, 0.15) is 16.4 Å². The molecule has 4 rings (SSSR count). The molecule has 2 aromatic heterocycles. The Morgan fingerprint density at radius 1 is 1.26 bits per heavy atom. The van der Waals surface area contributed by atoms with Crippen molar-refractivity contribution < 1.29 is 9.53 Å². The fourth-order valence-electron chi connectivity index (χ4n) is 2.66. The maximum Gasteiger partial charge on any atom is 0.275 e. The number of aromatic nitrogens is 3. The van der Waals surface area contributed by atoms with Gasteiger partial charge in [0, 0.05) is 36.6 Å². The minimum atomic E-state index is -0.250. The van der Waals surface area contributed by atoms with Crippen LogP contribution in [0.15, 0.2) is 48.2 Å². The van der Waals surface area contributed by atoms with Gasteiger partial charge in [-0.2, -0.15) is 0 Å². The van der Waals surface area contributed by atoms with E-state index < -0.39 is 0 Å². The minimum Gasteiger partial charge on any atom is -0.371 e. The van der Waals surface area contributed by atoms with Gasteiger partial charge in [0.25, 0.3) is 5.91 Å². The average Bonchev–Trinajstić information content (AvgIpc) is 3.20. The Balaban J connectivity index is 0.00000210. The van der Waals surface area contributed by atoms with E-state index in [1.54, 1.807) is 24.0 Å². The summed E-state index contributed by atoms with van der Waals surface area (Å²) in [7, 11) is 0. The number of amides is 1. The third-order valence-electron chi connectivity index (χ3n) is 3.99. The van der Waals surface area contributed by atoms with E-state index in [1.807, 2.05) is 24.3 Å². The molecule has 0 spiro atoms. The van der Waals surface area contributed by atoms with E-state index in [2.05, 4.69) is 25.6 Å². The Morgan fingerprint density at radius 2 is 2.11 bits per heavy atom. The molecule has 9 heteroatoms. The van der Waals surface area contributed by atoms with Gasteiger partial charge >= 0.3 is 0 Å². The van der Waals surface area contributed by atoms with Crippen LogP contribution in [0.3, 0.4) is 0 Å². The molecule has 1 atom stereocenters. The van der Waals surface area contributed by atoms with Crippen LogP contribution in [0.4, 0.5) is 5.69 Å². The second kappa shape index (κ2) is 9.01. The van der Waals surface area contributed by atoms with Gasteiger partial charge in [0.15, 0.2) is 0 Å². The van der Waals surface area contributed by atoms with Crippen LogP contribution in [-0.2, 0) is 4.74 Å². The zero-order chi connectivity index (χ0) is 17.8. The maximum atomic E-state index is 12.4. The van der Waals surface area contributed by atoms with Crippen LogP contribution in [-0.4, -0.2) is 40.6 Å². The van der Waals surface area contributed by atoms with Crippen LogP contribution in [0, 0.1) is 0 Å². The van der Waals surface area contributed by atoms with Crippen molar-refractivity contribution in [3.8, 4) is 10.7 Å². The summed E-state index contributed by atoms with van der Waals surface area (Å²) in [6.07, 6.45) is 4.88. The Kier molecular flexibility index (Phi) is 6.46. The molecule has 0 bridgehead atoms. The number of hydrogen-bond donors (Lipinski definition) is 2. The zero-order valence-corrected chi connectivity index (χ0v) is 15.9. The third-order valence-corrected chi connectivity index (χ3v) is 4.85. The Bertz CT molecular complexity index is 882. The Hall–Kier alpha value is -2.39. The lowest BCUT2D eigenvalue weighted by molar-refractivity contribution is 0.0277. The quantitative estimate of drug-likeness (QED) is 0.696. The minimum absolute atomic E-state index is 0. The van der Waals surface area contributed by atoms with Crippen LogP contribution >= 0.6 is 23.7 Å². The molecule has 3 heterocycles. The monoisotopic (exact) mass is 403 g/mol. The number of anilines is 1. The number of carbonyl (C=O) groups excluding carboxylic acids is 1. The molecular formula is C18H18ClN5O2S. The van der Waals surface area contributed by atoms with Crippen molar-refractivity contribution >= 4 is 35.3 Å². The second-order valence-electron chi connectivity index (χ2n) is 5.77.